The number of likely N-dealkylation sites (tertiary alicyclic amines) is 1. The van der Waals surface area contributed by atoms with E-state index >= 15 is 0 Å². The molecular weight excluding hydrogens is 361 g/mol. The van der Waals surface area contributed by atoms with Gasteiger partial charge in [0.2, 0.25) is 0 Å². The van der Waals surface area contributed by atoms with Crippen LogP contribution in [-0.2, 0) is 11.3 Å². The van der Waals surface area contributed by atoms with Crippen molar-refractivity contribution in [3.8, 4) is 0 Å². The van der Waals surface area contributed by atoms with Crippen LogP contribution in [0.5, 0.6) is 0 Å². The van der Waals surface area contributed by atoms with Gasteiger partial charge in [-0.05, 0) is 39.2 Å². The quantitative estimate of drug-likeness (QED) is 0.878. The fourth-order valence-corrected chi connectivity index (χ4v) is 3.58. The normalized spacial score (nSPS) is 21.5. The number of carboxylic acid groups (broad SMARTS) is 1. The molecule has 120 valence electrons. The lowest BCUT2D eigenvalue weighted by Gasteiger charge is -2.16. The Morgan fingerprint density at radius 3 is 2.61 bits per heavy atom. The molecule has 0 saturated carbocycles. The standard InChI is InChI=1S/C18H17BrFNO2/c19-16-8-13(6-7-17(16)20)14-10-21(11-15(14)18(22)23)9-12-4-2-1-3-5-12/h1-8,14-15H,9-11H2,(H,22,23). The molecule has 2 atom stereocenters. The number of carboxylic acids is 1. The highest BCUT2D eigenvalue weighted by Gasteiger charge is 2.38. The zero-order chi connectivity index (χ0) is 16.4. The number of halogens is 2. The average molecular weight is 378 g/mol. The minimum atomic E-state index is -0.800. The Morgan fingerprint density at radius 2 is 1.96 bits per heavy atom. The summed E-state index contributed by atoms with van der Waals surface area (Å²) >= 11 is 3.18. The first kappa shape index (κ1) is 16.1. The summed E-state index contributed by atoms with van der Waals surface area (Å²) in [5.74, 6) is -1.74. The molecule has 2 aromatic carbocycles. The molecule has 3 nitrogen and oxygen atoms in total. The summed E-state index contributed by atoms with van der Waals surface area (Å²) in [6.45, 7) is 1.89. The lowest BCUT2D eigenvalue weighted by atomic mass is 9.89. The summed E-state index contributed by atoms with van der Waals surface area (Å²) in [5.41, 5.74) is 2.03. The number of hydrogen-bond donors (Lipinski definition) is 1. The molecule has 0 radical (unpaired) electrons. The lowest BCUT2D eigenvalue weighted by molar-refractivity contribution is -0.141. The molecule has 0 aromatic heterocycles. The van der Waals surface area contributed by atoms with E-state index in [1.54, 1.807) is 12.1 Å². The van der Waals surface area contributed by atoms with Crippen molar-refractivity contribution >= 4 is 21.9 Å². The van der Waals surface area contributed by atoms with E-state index in [2.05, 4.69) is 20.8 Å². The van der Waals surface area contributed by atoms with Crippen LogP contribution < -0.4 is 0 Å². The highest BCUT2D eigenvalue weighted by atomic mass is 79.9. The van der Waals surface area contributed by atoms with Gasteiger partial charge in [0.1, 0.15) is 5.82 Å². The van der Waals surface area contributed by atoms with Crippen molar-refractivity contribution in [2.75, 3.05) is 13.1 Å². The first-order valence-corrected chi connectivity index (χ1v) is 8.28. The molecule has 0 spiro atoms. The Kier molecular flexibility index (Phi) is 4.78. The first-order valence-electron chi connectivity index (χ1n) is 7.48. The van der Waals surface area contributed by atoms with E-state index in [0.29, 0.717) is 17.6 Å². The smallest absolute Gasteiger partial charge is 0.308 e. The van der Waals surface area contributed by atoms with Gasteiger partial charge in [-0.2, -0.15) is 0 Å². The Labute approximate surface area is 142 Å². The van der Waals surface area contributed by atoms with Crippen LogP contribution in [0.3, 0.4) is 0 Å². The van der Waals surface area contributed by atoms with Crippen molar-refractivity contribution in [3.63, 3.8) is 0 Å². The van der Waals surface area contributed by atoms with Gasteiger partial charge < -0.3 is 5.11 Å². The van der Waals surface area contributed by atoms with Crippen LogP contribution in [0.15, 0.2) is 53.0 Å². The molecule has 1 aliphatic heterocycles. The van der Waals surface area contributed by atoms with Crippen molar-refractivity contribution in [2.24, 2.45) is 5.92 Å². The molecule has 1 saturated heterocycles. The monoisotopic (exact) mass is 377 g/mol. The van der Waals surface area contributed by atoms with Crippen molar-refractivity contribution in [3.05, 3.63) is 69.9 Å². The minimum Gasteiger partial charge on any atom is -0.481 e. The van der Waals surface area contributed by atoms with Gasteiger partial charge in [-0.15, -0.1) is 0 Å². The maximum absolute atomic E-state index is 13.4. The third kappa shape index (κ3) is 3.62. The summed E-state index contributed by atoms with van der Waals surface area (Å²) < 4.78 is 13.8. The topological polar surface area (TPSA) is 40.5 Å². The first-order chi connectivity index (χ1) is 11.0. The maximum atomic E-state index is 13.4. The van der Waals surface area contributed by atoms with Crippen LogP contribution in [-0.4, -0.2) is 29.1 Å². The zero-order valence-electron chi connectivity index (χ0n) is 12.5. The van der Waals surface area contributed by atoms with Gasteiger partial charge in [0.25, 0.3) is 0 Å². The van der Waals surface area contributed by atoms with E-state index < -0.39 is 11.9 Å². The van der Waals surface area contributed by atoms with E-state index in [4.69, 9.17) is 0 Å². The third-order valence-corrected chi connectivity index (χ3v) is 4.94. The molecule has 2 aromatic rings. The molecule has 2 unspecified atom stereocenters. The molecule has 1 aliphatic rings. The van der Waals surface area contributed by atoms with Gasteiger partial charge in [0, 0.05) is 25.6 Å². The molecule has 1 heterocycles. The lowest BCUT2D eigenvalue weighted by Crippen LogP contribution is -2.23. The molecule has 1 fully saturated rings. The van der Waals surface area contributed by atoms with Crippen LogP contribution in [0.25, 0.3) is 0 Å². The molecule has 0 aliphatic carbocycles. The number of hydrogen-bond acceptors (Lipinski definition) is 2. The number of aliphatic carboxylic acids is 1. The summed E-state index contributed by atoms with van der Waals surface area (Å²) in [7, 11) is 0. The number of benzene rings is 2. The van der Waals surface area contributed by atoms with Gasteiger partial charge in [0.15, 0.2) is 0 Å². The van der Waals surface area contributed by atoms with E-state index in [0.717, 1.165) is 17.7 Å². The van der Waals surface area contributed by atoms with Gasteiger partial charge in [-0.1, -0.05) is 36.4 Å². The van der Waals surface area contributed by atoms with Gasteiger partial charge in [-0.3, -0.25) is 9.69 Å². The van der Waals surface area contributed by atoms with E-state index in [9.17, 15) is 14.3 Å². The number of nitrogens with zero attached hydrogens (tertiary/aromatic N) is 1. The minimum absolute atomic E-state index is 0.131. The number of carbonyl (C=O) groups is 1. The largest absolute Gasteiger partial charge is 0.481 e. The fourth-order valence-electron chi connectivity index (χ4n) is 3.19. The van der Waals surface area contributed by atoms with Crippen LogP contribution >= 0.6 is 15.9 Å². The zero-order valence-corrected chi connectivity index (χ0v) is 14.0. The molecule has 5 heteroatoms. The molecule has 23 heavy (non-hydrogen) atoms. The fraction of sp³-hybridized carbons (Fsp3) is 0.278. The molecular formula is C18H17BrFNO2. The van der Waals surface area contributed by atoms with Crippen LogP contribution in [0.1, 0.15) is 17.0 Å². The predicted octanol–water partition coefficient (Wildman–Crippen LogP) is 3.89. The summed E-state index contributed by atoms with van der Waals surface area (Å²) in [4.78, 5) is 13.8. The van der Waals surface area contributed by atoms with E-state index in [1.807, 2.05) is 30.3 Å². The summed E-state index contributed by atoms with van der Waals surface area (Å²) in [5, 5.41) is 9.54. The molecule has 0 bridgehead atoms. The van der Waals surface area contributed by atoms with Crippen molar-refractivity contribution in [1.29, 1.82) is 0 Å². The van der Waals surface area contributed by atoms with Crippen molar-refractivity contribution < 1.29 is 14.3 Å². The van der Waals surface area contributed by atoms with E-state index in [-0.39, 0.29) is 11.7 Å². The van der Waals surface area contributed by atoms with Gasteiger partial charge in [-0.25, -0.2) is 4.39 Å². The SMILES string of the molecule is O=C(O)C1CN(Cc2ccccc2)CC1c1ccc(F)c(Br)c1. The van der Waals surface area contributed by atoms with Gasteiger partial charge >= 0.3 is 5.97 Å². The summed E-state index contributed by atoms with van der Waals surface area (Å²) in [6, 6.07) is 14.8. The Morgan fingerprint density at radius 1 is 1.22 bits per heavy atom. The van der Waals surface area contributed by atoms with Crippen molar-refractivity contribution in [2.45, 2.75) is 12.5 Å². The second-order valence-corrected chi connectivity index (χ2v) is 6.76. The Balaban J connectivity index is 1.81. The van der Waals surface area contributed by atoms with Crippen LogP contribution in [0, 0.1) is 11.7 Å². The van der Waals surface area contributed by atoms with Gasteiger partial charge in [0.05, 0.1) is 10.4 Å². The molecule has 0 amide bonds. The second kappa shape index (κ2) is 6.81. The number of rotatable bonds is 4. The maximum Gasteiger partial charge on any atom is 0.308 e. The molecule has 3 rings (SSSR count). The average Bonchev–Trinajstić information content (AvgIpc) is 2.95. The molecule has 1 N–H and O–H groups in total. The van der Waals surface area contributed by atoms with Crippen LogP contribution in [0.4, 0.5) is 4.39 Å². The third-order valence-electron chi connectivity index (χ3n) is 4.33. The predicted molar refractivity (Wildman–Crippen MR) is 89.7 cm³/mol. The summed E-state index contributed by atoms with van der Waals surface area (Å²) in [6.07, 6.45) is 0. The Bertz CT molecular complexity index is 707. The Hall–Kier alpha value is -1.72. The van der Waals surface area contributed by atoms with Crippen LogP contribution in [0.2, 0.25) is 0 Å². The van der Waals surface area contributed by atoms with E-state index in [1.165, 1.54) is 6.07 Å². The highest BCUT2D eigenvalue weighted by Crippen LogP contribution is 2.35. The second-order valence-electron chi connectivity index (χ2n) is 5.90. The van der Waals surface area contributed by atoms with Crippen molar-refractivity contribution in [1.82, 2.24) is 4.90 Å². The highest BCUT2D eigenvalue weighted by molar-refractivity contribution is 9.10.